The first-order valence-corrected chi connectivity index (χ1v) is 7.93. The molecule has 1 atom stereocenters. The number of halogens is 3. The zero-order valence-corrected chi connectivity index (χ0v) is 14.1. The third-order valence-electron chi connectivity index (χ3n) is 4.06. The smallest absolute Gasteiger partial charge is 0.322 e. The Kier molecular flexibility index (Phi) is 4.85. The van der Waals surface area contributed by atoms with Crippen molar-refractivity contribution in [3.8, 4) is 0 Å². The fourth-order valence-corrected chi connectivity index (χ4v) is 2.73. The van der Waals surface area contributed by atoms with Gasteiger partial charge in [-0.1, -0.05) is 0 Å². The first-order chi connectivity index (χ1) is 12.8. The molecule has 9 heteroatoms. The van der Waals surface area contributed by atoms with Gasteiger partial charge in [0.2, 0.25) is 5.91 Å². The summed E-state index contributed by atoms with van der Waals surface area (Å²) in [6, 6.07) is 5.92. The van der Waals surface area contributed by atoms with Crippen LogP contribution in [0.5, 0.6) is 0 Å². The lowest BCUT2D eigenvalue weighted by Gasteiger charge is -2.19. The highest BCUT2D eigenvalue weighted by atomic mass is 19.1. The highest BCUT2D eigenvalue weighted by Crippen LogP contribution is 2.26. The van der Waals surface area contributed by atoms with Crippen LogP contribution in [0.15, 0.2) is 42.5 Å². The third kappa shape index (κ3) is 3.62. The highest BCUT2D eigenvalue weighted by molar-refractivity contribution is 6.16. The molecule has 1 aliphatic heterocycles. The zero-order chi connectivity index (χ0) is 19.7. The molecule has 1 aliphatic rings. The first-order valence-electron chi connectivity index (χ1n) is 7.93. The predicted octanol–water partition coefficient (Wildman–Crippen LogP) is 2.90. The molecule has 4 amide bonds. The second-order valence-corrected chi connectivity index (χ2v) is 5.90. The van der Waals surface area contributed by atoms with E-state index in [0.29, 0.717) is 16.7 Å². The van der Waals surface area contributed by atoms with E-state index in [-0.39, 0.29) is 5.69 Å². The molecule has 2 aromatic carbocycles. The molecular weight excluding hydrogens is 363 g/mol. The Morgan fingerprint density at radius 3 is 2.30 bits per heavy atom. The number of urea groups is 1. The topological polar surface area (TPSA) is 69.7 Å². The van der Waals surface area contributed by atoms with E-state index in [9.17, 15) is 27.6 Å². The number of carbonyl (C=O) groups excluding carboxylic acids is 3. The maximum absolute atomic E-state index is 13.6. The van der Waals surface area contributed by atoms with Crippen molar-refractivity contribution in [3.05, 3.63) is 59.9 Å². The van der Waals surface area contributed by atoms with Crippen molar-refractivity contribution in [3.63, 3.8) is 0 Å². The van der Waals surface area contributed by atoms with Crippen LogP contribution in [0.2, 0.25) is 0 Å². The molecule has 140 valence electrons. The van der Waals surface area contributed by atoms with Crippen molar-refractivity contribution in [2.75, 3.05) is 16.8 Å². The van der Waals surface area contributed by atoms with Crippen LogP contribution >= 0.6 is 0 Å². The van der Waals surface area contributed by atoms with Gasteiger partial charge in [-0.15, -0.1) is 0 Å². The van der Waals surface area contributed by atoms with E-state index in [1.807, 2.05) is 0 Å². The van der Waals surface area contributed by atoms with Gasteiger partial charge in [0.25, 0.3) is 5.91 Å². The fourth-order valence-electron chi connectivity index (χ4n) is 2.73. The maximum atomic E-state index is 13.6. The number of rotatable bonds is 4. The van der Waals surface area contributed by atoms with E-state index >= 15 is 0 Å². The van der Waals surface area contributed by atoms with Gasteiger partial charge in [0.1, 0.15) is 30.0 Å². The van der Waals surface area contributed by atoms with Crippen LogP contribution in [0.4, 0.5) is 29.3 Å². The number of hydrogen-bond donors (Lipinski definition) is 1. The number of hydrogen-bond acceptors (Lipinski definition) is 3. The Balaban J connectivity index is 1.74. The van der Waals surface area contributed by atoms with Gasteiger partial charge in [-0.05, 0) is 43.3 Å². The summed E-state index contributed by atoms with van der Waals surface area (Å²) in [5, 5.41) is 2.19. The quantitative estimate of drug-likeness (QED) is 0.833. The van der Waals surface area contributed by atoms with Gasteiger partial charge in [0.05, 0.1) is 5.69 Å². The van der Waals surface area contributed by atoms with Crippen molar-refractivity contribution in [1.29, 1.82) is 0 Å². The van der Waals surface area contributed by atoms with E-state index in [0.717, 1.165) is 29.2 Å². The van der Waals surface area contributed by atoms with E-state index in [1.165, 1.54) is 19.1 Å². The second kappa shape index (κ2) is 7.10. The predicted molar refractivity (Wildman–Crippen MR) is 90.4 cm³/mol. The summed E-state index contributed by atoms with van der Waals surface area (Å²) in [6.45, 7) is 0.831. The lowest BCUT2D eigenvalue weighted by Crippen LogP contribution is -2.39. The molecule has 0 aliphatic carbocycles. The van der Waals surface area contributed by atoms with Gasteiger partial charge >= 0.3 is 6.03 Å². The number of anilines is 2. The van der Waals surface area contributed by atoms with Gasteiger partial charge < -0.3 is 5.32 Å². The molecular formula is C18H14F3N3O3. The molecule has 3 rings (SSSR count). The lowest BCUT2D eigenvalue weighted by atomic mass is 10.2. The summed E-state index contributed by atoms with van der Waals surface area (Å²) >= 11 is 0. The number of amides is 4. The molecule has 6 nitrogen and oxygen atoms in total. The van der Waals surface area contributed by atoms with Gasteiger partial charge in [0.15, 0.2) is 0 Å². The average molecular weight is 377 g/mol. The Morgan fingerprint density at radius 2 is 1.67 bits per heavy atom. The molecule has 0 aromatic heterocycles. The number of nitrogens with zero attached hydrogens (tertiary/aromatic N) is 2. The maximum Gasteiger partial charge on any atom is 0.332 e. The zero-order valence-electron chi connectivity index (χ0n) is 14.1. The normalized spacial score (nSPS) is 16.8. The summed E-state index contributed by atoms with van der Waals surface area (Å²) in [5.41, 5.74) is 0.0265. The number of carbonyl (C=O) groups is 3. The highest BCUT2D eigenvalue weighted by Gasteiger charge is 2.44. The third-order valence-corrected chi connectivity index (χ3v) is 4.06. The van der Waals surface area contributed by atoms with E-state index in [1.54, 1.807) is 0 Å². The molecule has 2 aromatic rings. The minimum Gasteiger partial charge on any atom is -0.322 e. The summed E-state index contributed by atoms with van der Waals surface area (Å²) < 4.78 is 39.6. The van der Waals surface area contributed by atoms with Crippen LogP contribution < -0.4 is 10.2 Å². The number of nitrogens with one attached hydrogen (secondary N) is 1. The van der Waals surface area contributed by atoms with Gasteiger partial charge in [-0.2, -0.15) is 0 Å². The Hall–Kier alpha value is -3.36. The average Bonchev–Trinajstić information content (AvgIpc) is 2.82. The van der Waals surface area contributed by atoms with E-state index in [2.05, 4.69) is 5.32 Å². The minimum absolute atomic E-state index is 0.274. The Bertz CT molecular complexity index is 918. The summed E-state index contributed by atoms with van der Waals surface area (Å²) in [4.78, 5) is 38.8. The molecule has 1 N–H and O–H groups in total. The van der Waals surface area contributed by atoms with Crippen molar-refractivity contribution < 1.29 is 27.6 Å². The van der Waals surface area contributed by atoms with E-state index < -0.39 is 47.9 Å². The summed E-state index contributed by atoms with van der Waals surface area (Å²) in [7, 11) is 0. The second-order valence-electron chi connectivity index (χ2n) is 5.90. The Morgan fingerprint density at radius 1 is 1.04 bits per heavy atom. The molecule has 1 heterocycles. The van der Waals surface area contributed by atoms with Crippen LogP contribution in [-0.2, 0) is 9.59 Å². The van der Waals surface area contributed by atoms with Crippen LogP contribution in [0.25, 0.3) is 0 Å². The molecule has 0 spiro atoms. The van der Waals surface area contributed by atoms with Gasteiger partial charge in [0, 0.05) is 11.8 Å². The monoisotopic (exact) mass is 377 g/mol. The van der Waals surface area contributed by atoms with Gasteiger partial charge in [-0.3, -0.25) is 19.4 Å². The van der Waals surface area contributed by atoms with Crippen LogP contribution in [0.1, 0.15) is 6.92 Å². The molecule has 1 fully saturated rings. The standard InChI is InChI=1S/C18H14F3N3O3/c1-10-17(26)23(18(27)24(10)13-5-2-11(19)3-6-13)9-16(25)22-15-7-4-12(20)8-14(15)21/h2-8,10H,9H2,1H3,(H,22,25)/t10-/m1/s1. The summed E-state index contributed by atoms with van der Waals surface area (Å²) in [6.07, 6.45) is 0. The van der Waals surface area contributed by atoms with Crippen molar-refractivity contribution in [1.82, 2.24) is 4.90 Å². The van der Waals surface area contributed by atoms with Crippen LogP contribution in [-0.4, -0.2) is 35.3 Å². The Labute approximate surface area is 152 Å². The summed E-state index contributed by atoms with van der Waals surface area (Å²) in [5.74, 6) is -3.74. The fraction of sp³-hybridized carbons (Fsp3) is 0.167. The molecule has 0 saturated carbocycles. The van der Waals surface area contributed by atoms with Crippen molar-refractivity contribution >= 4 is 29.2 Å². The van der Waals surface area contributed by atoms with Crippen LogP contribution in [0, 0.1) is 17.5 Å². The largest absolute Gasteiger partial charge is 0.332 e. The first kappa shape index (κ1) is 18.4. The van der Waals surface area contributed by atoms with E-state index in [4.69, 9.17) is 0 Å². The SMILES string of the molecule is C[C@@H]1C(=O)N(CC(=O)Nc2ccc(F)cc2F)C(=O)N1c1ccc(F)cc1. The van der Waals surface area contributed by atoms with Gasteiger partial charge in [-0.25, -0.2) is 18.0 Å². The molecule has 0 unspecified atom stereocenters. The van der Waals surface area contributed by atoms with Crippen molar-refractivity contribution in [2.24, 2.45) is 0 Å². The number of benzene rings is 2. The van der Waals surface area contributed by atoms with Crippen molar-refractivity contribution in [2.45, 2.75) is 13.0 Å². The molecule has 27 heavy (non-hydrogen) atoms. The van der Waals surface area contributed by atoms with Crippen LogP contribution in [0.3, 0.4) is 0 Å². The lowest BCUT2D eigenvalue weighted by molar-refractivity contribution is -0.130. The minimum atomic E-state index is -0.983. The molecule has 0 radical (unpaired) electrons. The number of imide groups is 1. The molecule has 1 saturated heterocycles. The molecule has 0 bridgehead atoms.